The number of ether oxygens (including phenoxy) is 2. The van der Waals surface area contributed by atoms with Gasteiger partial charge in [-0.2, -0.15) is 0 Å². The largest absolute Gasteiger partial charge is 0.519 e. The first-order valence-corrected chi connectivity index (χ1v) is 19.3. The van der Waals surface area contributed by atoms with E-state index < -0.39 is 51.4 Å². The number of carbonyl (C=O) groups excluding carboxylic acids is 3. The fraction of sp³-hybridized carbons (Fsp3) is 0.738. The molecule has 4 aliphatic rings. The van der Waals surface area contributed by atoms with Crippen molar-refractivity contribution in [3.63, 3.8) is 0 Å². The Morgan fingerprint density at radius 1 is 0.962 bits per heavy atom. The van der Waals surface area contributed by atoms with E-state index >= 15 is 0 Å². The van der Waals surface area contributed by atoms with Crippen LogP contribution in [0.3, 0.4) is 0 Å². The Kier molecular flexibility index (Phi) is 11.0. The monoisotopic (exact) mass is 739 g/mol. The molecule has 7 atom stereocenters. The van der Waals surface area contributed by atoms with E-state index in [1.54, 1.807) is 13.0 Å². The van der Waals surface area contributed by atoms with E-state index in [9.17, 15) is 29.1 Å². The molecule has 0 bridgehead atoms. The first-order valence-electron chi connectivity index (χ1n) is 19.3. The van der Waals surface area contributed by atoms with Gasteiger partial charge in [0, 0.05) is 18.5 Å². The molecule has 1 aromatic heterocycles. The van der Waals surface area contributed by atoms with Crippen LogP contribution in [-0.4, -0.2) is 59.9 Å². The average molecular weight is 740 g/mol. The summed E-state index contributed by atoms with van der Waals surface area (Å²) in [5.74, 6) is -2.70. The van der Waals surface area contributed by atoms with Gasteiger partial charge in [0.1, 0.15) is 0 Å². The Bertz CT molecular complexity index is 1710. The molecule has 1 N–H and O–H groups in total. The predicted molar refractivity (Wildman–Crippen MR) is 198 cm³/mol. The molecule has 3 fully saturated rings. The zero-order valence-corrected chi connectivity index (χ0v) is 33.4. The average Bonchev–Trinajstić information content (AvgIpc) is 3.42. The van der Waals surface area contributed by atoms with E-state index in [4.69, 9.17) is 18.3 Å². The first kappa shape index (κ1) is 40.7. The maximum Gasteiger partial charge on any atom is 0.519 e. The van der Waals surface area contributed by atoms with Crippen LogP contribution in [0.4, 0.5) is 0 Å². The lowest BCUT2D eigenvalue weighted by molar-refractivity contribution is -0.209. The van der Waals surface area contributed by atoms with Gasteiger partial charge in [0.2, 0.25) is 0 Å². The highest BCUT2D eigenvalue weighted by Crippen LogP contribution is 2.72. The van der Waals surface area contributed by atoms with Crippen LogP contribution in [0.15, 0.2) is 37.9 Å². The highest BCUT2D eigenvalue weighted by atomic mass is 16.6. The Morgan fingerprint density at radius 2 is 1.62 bits per heavy atom. The number of hydrogen-bond acceptors (Lipinski definition) is 10. The Morgan fingerprint density at radius 3 is 2.19 bits per heavy atom. The third kappa shape index (κ3) is 6.78. The van der Waals surface area contributed by atoms with Crippen molar-refractivity contribution in [2.24, 2.45) is 44.3 Å². The Balaban J connectivity index is 1.51. The Hall–Kier alpha value is -3.47. The SMILES string of the molecule is C=CCN(CC(=O)OC)[C@H]1CC[C@@]2(C)C(CC[C@]3(C)[C@@H]2C(=O)C=C(C)[C@@]3(C)CC[C@]2(C)CC[C@@](C)(C(=O)O)CC2)[C@]1(C)C(=O)OCc1oc(=O)oc1C. The van der Waals surface area contributed by atoms with Crippen molar-refractivity contribution in [3.8, 4) is 0 Å². The molecule has 0 radical (unpaired) electrons. The lowest BCUT2D eigenvalue weighted by Gasteiger charge is -2.68. The quantitative estimate of drug-likeness (QED) is 0.168. The lowest BCUT2D eigenvalue weighted by Crippen LogP contribution is -2.69. The minimum atomic E-state index is -1.16. The molecule has 294 valence electrons. The van der Waals surface area contributed by atoms with E-state index in [2.05, 4.69) is 41.2 Å². The summed E-state index contributed by atoms with van der Waals surface area (Å²) >= 11 is 0. The second-order valence-corrected chi connectivity index (χ2v) is 18.3. The number of hydrogen-bond donors (Lipinski definition) is 1. The second kappa shape index (κ2) is 14.3. The van der Waals surface area contributed by atoms with Gasteiger partial charge in [-0.1, -0.05) is 39.3 Å². The van der Waals surface area contributed by atoms with Crippen LogP contribution in [0.2, 0.25) is 0 Å². The van der Waals surface area contributed by atoms with Gasteiger partial charge in [0.25, 0.3) is 0 Å². The molecule has 1 heterocycles. The molecule has 11 heteroatoms. The molecular formula is C42H61NO10. The number of ketones is 1. The molecule has 4 aliphatic carbocycles. The van der Waals surface area contributed by atoms with Crippen LogP contribution in [0, 0.1) is 51.2 Å². The van der Waals surface area contributed by atoms with Crippen molar-refractivity contribution in [2.75, 3.05) is 20.2 Å². The second-order valence-electron chi connectivity index (χ2n) is 18.3. The van der Waals surface area contributed by atoms with Gasteiger partial charge in [-0.15, -0.1) is 6.58 Å². The maximum absolute atomic E-state index is 14.7. The smallest absolute Gasteiger partial charge is 0.481 e. The summed E-state index contributed by atoms with van der Waals surface area (Å²) in [4.78, 5) is 67.7. The fourth-order valence-corrected chi connectivity index (χ4v) is 11.5. The molecule has 5 rings (SSSR count). The van der Waals surface area contributed by atoms with Crippen molar-refractivity contribution in [1.29, 1.82) is 0 Å². The number of methoxy groups -OCH3 is 1. The molecule has 53 heavy (non-hydrogen) atoms. The molecule has 11 nitrogen and oxygen atoms in total. The van der Waals surface area contributed by atoms with Crippen molar-refractivity contribution in [2.45, 2.75) is 132 Å². The number of carbonyl (C=O) groups is 4. The molecule has 0 aromatic carbocycles. The van der Waals surface area contributed by atoms with Crippen molar-refractivity contribution in [3.05, 3.63) is 46.4 Å². The van der Waals surface area contributed by atoms with Crippen LogP contribution < -0.4 is 5.82 Å². The lowest BCUT2D eigenvalue weighted by atomic mass is 9.35. The number of aliphatic carboxylic acids is 1. The summed E-state index contributed by atoms with van der Waals surface area (Å²) in [5, 5.41) is 9.86. The molecule has 0 aliphatic heterocycles. The zero-order valence-electron chi connectivity index (χ0n) is 33.4. The number of carboxylic acid groups (broad SMARTS) is 1. The van der Waals surface area contributed by atoms with E-state index in [-0.39, 0.29) is 53.1 Å². The highest BCUT2D eigenvalue weighted by Gasteiger charge is 2.70. The van der Waals surface area contributed by atoms with Crippen molar-refractivity contribution in [1.82, 2.24) is 4.90 Å². The van der Waals surface area contributed by atoms with E-state index in [0.717, 1.165) is 31.3 Å². The van der Waals surface area contributed by atoms with Crippen molar-refractivity contribution < 1.29 is 42.6 Å². The van der Waals surface area contributed by atoms with Gasteiger partial charge in [0.15, 0.2) is 23.9 Å². The minimum absolute atomic E-state index is 0.00772. The summed E-state index contributed by atoms with van der Waals surface area (Å²) < 4.78 is 21.2. The van der Waals surface area contributed by atoms with Gasteiger partial charge in [-0.05, 0) is 126 Å². The van der Waals surface area contributed by atoms with Crippen molar-refractivity contribution >= 4 is 23.7 Å². The maximum atomic E-state index is 14.7. The third-order valence-corrected chi connectivity index (χ3v) is 15.5. The van der Waals surface area contributed by atoms with Crippen LogP contribution in [0.1, 0.15) is 124 Å². The minimum Gasteiger partial charge on any atom is -0.481 e. The third-order valence-electron chi connectivity index (χ3n) is 15.5. The summed E-state index contributed by atoms with van der Waals surface area (Å²) in [6.07, 6.45) is 11.0. The highest BCUT2D eigenvalue weighted by molar-refractivity contribution is 5.95. The number of carboxylic acids is 1. The Labute approximate surface area is 313 Å². The summed E-state index contributed by atoms with van der Waals surface area (Å²) in [7, 11) is 1.34. The molecule has 0 spiro atoms. The van der Waals surface area contributed by atoms with E-state index in [1.165, 1.54) is 7.11 Å². The zero-order chi connectivity index (χ0) is 39.4. The van der Waals surface area contributed by atoms with Crippen LogP contribution in [0.25, 0.3) is 0 Å². The van der Waals surface area contributed by atoms with Gasteiger partial charge in [0.05, 0.1) is 24.5 Å². The standard InChI is InChI=1S/C42H61NO10/c1-11-22-43(24-32(45)50-10)31-13-14-39(6)30(42(31,9)35(48)51-25-29-27(3)52-36(49)53-29)12-15-41(8)33(39)28(44)23-26(2)40(41,7)21-18-37(4)16-19-38(5,20-17-37)34(46)47/h11,23,30-31,33H,1,12-22,24-25H2,2-10H3,(H,46,47)/t30?,31-,33+,37-,38-,39-,40+,41+,42-/m0/s1. The van der Waals surface area contributed by atoms with Crippen LogP contribution in [-0.2, 0) is 35.3 Å². The predicted octanol–water partition coefficient (Wildman–Crippen LogP) is 7.44. The summed E-state index contributed by atoms with van der Waals surface area (Å²) in [5.41, 5.74) is -2.06. The summed E-state index contributed by atoms with van der Waals surface area (Å²) in [6, 6.07) is -0.433. The van der Waals surface area contributed by atoms with Gasteiger partial charge in [-0.25, -0.2) is 4.79 Å². The number of rotatable bonds is 12. The van der Waals surface area contributed by atoms with Gasteiger partial charge < -0.3 is 23.4 Å². The summed E-state index contributed by atoms with van der Waals surface area (Å²) in [6.45, 7) is 20.5. The van der Waals surface area contributed by atoms with Crippen LogP contribution >= 0.6 is 0 Å². The van der Waals surface area contributed by atoms with E-state index in [0.29, 0.717) is 45.1 Å². The number of nitrogens with zero attached hydrogens (tertiary/aromatic N) is 1. The number of aryl methyl sites for hydroxylation is 1. The van der Waals surface area contributed by atoms with Gasteiger partial charge in [-0.3, -0.25) is 24.1 Å². The van der Waals surface area contributed by atoms with Crippen LogP contribution in [0.5, 0.6) is 0 Å². The molecule has 3 saturated carbocycles. The molecule has 1 unspecified atom stereocenters. The van der Waals surface area contributed by atoms with Gasteiger partial charge >= 0.3 is 23.7 Å². The molecule has 0 amide bonds. The topological polar surface area (TPSA) is 154 Å². The number of fused-ring (bicyclic) bond motifs is 3. The first-order chi connectivity index (χ1) is 24.6. The number of esters is 2. The number of allylic oxidation sites excluding steroid dienone is 2. The molecular weight excluding hydrogens is 678 g/mol. The molecule has 0 saturated heterocycles. The normalized spacial score (nSPS) is 38.3. The fourth-order valence-electron chi connectivity index (χ4n) is 11.5. The molecule has 1 aromatic rings. The van der Waals surface area contributed by atoms with E-state index in [1.807, 2.05) is 24.8 Å².